The largest absolute Gasteiger partial charge is 0.399 e. The van der Waals surface area contributed by atoms with Crippen LogP contribution in [0.1, 0.15) is 36.0 Å². The zero-order valence-electron chi connectivity index (χ0n) is 16.4. The molecule has 3 aromatic rings. The number of benzene rings is 2. The highest BCUT2D eigenvalue weighted by Crippen LogP contribution is 2.42. The molecule has 1 aliphatic heterocycles. The Morgan fingerprint density at radius 2 is 1.87 bits per heavy atom. The highest BCUT2D eigenvalue weighted by molar-refractivity contribution is 6.40. The lowest BCUT2D eigenvalue weighted by molar-refractivity contribution is -0.276. The summed E-state index contributed by atoms with van der Waals surface area (Å²) in [6.07, 6.45) is 0.586. The summed E-state index contributed by atoms with van der Waals surface area (Å²) in [7, 11) is 0. The number of nitrogens with two attached hydrogens (primary N) is 1. The maximum atomic E-state index is 9.35. The van der Waals surface area contributed by atoms with Crippen molar-refractivity contribution in [2.75, 3.05) is 5.73 Å². The van der Waals surface area contributed by atoms with Gasteiger partial charge in [0.25, 0.3) is 0 Å². The molecule has 8 heteroatoms. The van der Waals surface area contributed by atoms with Crippen molar-refractivity contribution in [3.05, 3.63) is 81.9 Å². The number of hydrogen-bond donors (Lipinski definition) is 2. The summed E-state index contributed by atoms with van der Waals surface area (Å²) in [5.41, 5.74) is 9.32. The molecule has 30 heavy (non-hydrogen) atoms. The van der Waals surface area contributed by atoms with E-state index >= 15 is 0 Å². The fourth-order valence-electron chi connectivity index (χ4n) is 3.70. The van der Waals surface area contributed by atoms with Crippen LogP contribution in [0.25, 0.3) is 0 Å². The van der Waals surface area contributed by atoms with Gasteiger partial charge in [0.1, 0.15) is 5.15 Å². The Morgan fingerprint density at radius 3 is 2.50 bits per heavy atom. The van der Waals surface area contributed by atoms with Gasteiger partial charge in [-0.15, -0.1) is 0 Å². The van der Waals surface area contributed by atoms with Crippen molar-refractivity contribution in [3.63, 3.8) is 0 Å². The Bertz CT molecular complexity index is 1010. The number of nitrogens with zero attached hydrogens (tertiary/aromatic N) is 2. The number of nitrogen functional groups attached to an aromatic ring is 1. The lowest BCUT2D eigenvalue weighted by atomic mass is 9.90. The molecule has 3 N–H and O–H groups in total. The molecule has 158 valence electrons. The van der Waals surface area contributed by atoms with E-state index in [2.05, 4.69) is 11.9 Å². The Balaban J connectivity index is 1.66. The smallest absolute Gasteiger partial charge is 0.185 e. The summed E-state index contributed by atoms with van der Waals surface area (Å²) in [6.45, 7) is 2.56. The molecule has 0 unspecified atom stereocenters. The third kappa shape index (κ3) is 4.33. The second-order valence-corrected chi connectivity index (χ2v) is 8.19. The van der Waals surface area contributed by atoms with Crippen LogP contribution in [0.15, 0.2) is 54.9 Å². The van der Waals surface area contributed by atoms with Crippen molar-refractivity contribution < 1.29 is 14.6 Å². The minimum absolute atomic E-state index is 0.00109. The predicted molar refractivity (Wildman–Crippen MR) is 116 cm³/mol. The van der Waals surface area contributed by atoms with Gasteiger partial charge in [-0.1, -0.05) is 66.5 Å². The molecule has 4 atom stereocenters. The van der Waals surface area contributed by atoms with Crippen LogP contribution in [-0.2, 0) is 22.6 Å². The quantitative estimate of drug-likeness (QED) is 0.551. The van der Waals surface area contributed by atoms with Crippen molar-refractivity contribution in [1.82, 2.24) is 9.55 Å². The molecule has 6 nitrogen and oxygen atoms in total. The van der Waals surface area contributed by atoms with Gasteiger partial charge >= 0.3 is 0 Å². The average molecular weight is 448 g/mol. The summed E-state index contributed by atoms with van der Waals surface area (Å²) < 4.78 is 14.5. The Hall–Kier alpha value is -2.09. The molecule has 0 spiro atoms. The van der Waals surface area contributed by atoms with E-state index in [-0.39, 0.29) is 29.9 Å². The first kappa shape index (κ1) is 21.2. The van der Waals surface area contributed by atoms with Crippen LogP contribution in [0.2, 0.25) is 10.3 Å². The molecular formula is C22H23Cl2N3O3. The molecule has 0 amide bonds. The zero-order chi connectivity index (χ0) is 21.3. The number of imidazole rings is 1. The van der Waals surface area contributed by atoms with Gasteiger partial charge < -0.3 is 24.9 Å². The van der Waals surface area contributed by atoms with Crippen LogP contribution >= 0.6 is 23.2 Å². The van der Waals surface area contributed by atoms with E-state index in [9.17, 15) is 5.11 Å². The van der Waals surface area contributed by atoms with Crippen molar-refractivity contribution in [2.24, 2.45) is 5.92 Å². The fraction of sp³-hybridized carbons (Fsp3) is 0.318. The minimum atomic E-state index is -0.588. The van der Waals surface area contributed by atoms with Crippen LogP contribution < -0.4 is 5.73 Å². The van der Waals surface area contributed by atoms with Crippen LogP contribution in [0.5, 0.6) is 0 Å². The molecule has 0 saturated carbocycles. The Kier molecular flexibility index (Phi) is 6.32. The van der Waals surface area contributed by atoms with E-state index in [0.29, 0.717) is 17.4 Å². The van der Waals surface area contributed by atoms with Gasteiger partial charge in [0, 0.05) is 17.2 Å². The number of ether oxygens (including phenoxy) is 2. The van der Waals surface area contributed by atoms with Crippen molar-refractivity contribution in [2.45, 2.75) is 38.6 Å². The molecular weight excluding hydrogens is 425 g/mol. The maximum absolute atomic E-state index is 9.35. The van der Waals surface area contributed by atoms with E-state index in [0.717, 1.165) is 16.7 Å². The van der Waals surface area contributed by atoms with Crippen LogP contribution in [0, 0.1) is 5.92 Å². The number of rotatable bonds is 5. The summed E-state index contributed by atoms with van der Waals surface area (Å²) in [5.74, 6) is 0.0135. The van der Waals surface area contributed by atoms with E-state index in [4.69, 9.17) is 38.4 Å². The number of aliphatic hydroxyl groups excluding tert-OH is 1. The summed E-state index contributed by atoms with van der Waals surface area (Å²) in [6, 6.07) is 15.2. The third-order valence-electron chi connectivity index (χ3n) is 5.42. The SMILES string of the molecule is C[C@H]1[C@@H](Cn2cnc(Cl)c2Cl)O[C@@H](c2cccc(N)c2)O[C@H]1c1ccc(CO)cc1. The topological polar surface area (TPSA) is 82.5 Å². The molecule has 1 saturated heterocycles. The van der Waals surface area contributed by atoms with Gasteiger partial charge in [0.05, 0.1) is 31.7 Å². The van der Waals surface area contributed by atoms with E-state index in [1.807, 2.05) is 48.5 Å². The number of aromatic nitrogens is 2. The maximum Gasteiger partial charge on any atom is 0.185 e. The second-order valence-electron chi connectivity index (χ2n) is 7.47. The molecule has 0 bridgehead atoms. The van der Waals surface area contributed by atoms with Gasteiger partial charge in [-0.25, -0.2) is 4.98 Å². The van der Waals surface area contributed by atoms with Crippen molar-refractivity contribution in [3.8, 4) is 0 Å². The molecule has 0 radical (unpaired) electrons. The van der Waals surface area contributed by atoms with Gasteiger partial charge in [-0.3, -0.25) is 0 Å². The summed E-state index contributed by atoms with van der Waals surface area (Å²) in [5, 5.41) is 9.99. The highest BCUT2D eigenvalue weighted by Gasteiger charge is 2.38. The van der Waals surface area contributed by atoms with Gasteiger partial charge in [0.2, 0.25) is 0 Å². The molecule has 1 fully saturated rings. The number of hydrogen-bond acceptors (Lipinski definition) is 5. The van der Waals surface area contributed by atoms with Crippen LogP contribution in [0.3, 0.4) is 0 Å². The second kappa shape index (κ2) is 8.96. The first-order chi connectivity index (χ1) is 14.5. The molecule has 0 aliphatic carbocycles. The minimum Gasteiger partial charge on any atom is -0.399 e. The normalized spacial score (nSPS) is 24.1. The number of anilines is 1. The van der Waals surface area contributed by atoms with Crippen LogP contribution in [0.4, 0.5) is 5.69 Å². The lowest BCUT2D eigenvalue weighted by Gasteiger charge is -2.41. The fourth-order valence-corrected chi connectivity index (χ4v) is 4.01. The van der Waals surface area contributed by atoms with Gasteiger partial charge in [-0.05, 0) is 23.3 Å². The third-order valence-corrected chi connectivity index (χ3v) is 6.19. The standard InChI is InChI=1S/C22H23Cl2N3O3/c1-13-18(10-27-12-26-20(23)21(27)24)29-22(16-3-2-4-17(25)9-16)30-19(13)15-7-5-14(11-28)6-8-15/h2-9,12-13,18-19,22,28H,10-11,25H2,1H3/t13-,18+,19+,22+/m0/s1. The Labute approximate surface area is 185 Å². The summed E-state index contributed by atoms with van der Waals surface area (Å²) >= 11 is 12.3. The molecule has 2 aromatic carbocycles. The van der Waals surface area contributed by atoms with Crippen molar-refractivity contribution in [1.29, 1.82) is 0 Å². The first-order valence-electron chi connectivity index (χ1n) is 9.68. The van der Waals surface area contributed by atoms with E-state index < -0.39 is 6.29 Å². The Morgan fingerprint density at radius 1 is 1.10 bits per heavy atom. The van der Waals surface area contributed by atoms with Crippen LogP contribution in [-0.4, -0.2) is 20.8 Å². The van der Waals surface area contributed by atoms with Gasteiger partial charge in [0.15, 0.2) is 11.4 Å². The summed E-state index contributed by atoms with van der Waals surface area (Å²) in [4.78, 5) is 4.06. The average Bonchev–Trinajstić information content (AvgIpc) is 3.07. The zero-order valence-corrected chi connectivity index (χ0v) is 17.9. The lowest BCUT2D eigenvalue weighted by Crippen LogP contribution is -2.39. The first-order valence-corrected chi connectivity index (χ1v) is 10.4. The number of aliphatic hydroxyl groups is 1. The van der Waals surface area contributed by atoms with E-state index in [1.54, 1.807) is 10.9 Å². The number of halogens is 2. The predicted octanol–water partition coefficient (Wildman–Crippen LogP) is 4.76. The highest BCUT2D eigenvalue weighted by atomic mass is 35.5. The van der Waals surface area contributed by atoms with Crippen molar-refractivity contribution >= 4 is 28.9 Å². The molecule has 4 rings (SSSR count). The molecule has 1 aromatic heterocycles. The molecule has 2 heterocycles. The van der Waals surface area contributed by atoms with E-state index in [1.165, 1.54) is 0 Å². The van der Waals surface area contributed by atoms with Gasteiger partial charge in [-0.2, -0.15) is 0 Å². The monoisotopic (exact) mass is 447 g/mol. The molecule has 1 aliphatic rings.